The molecule has 196 valence electrons. The number of rotatable bonds is 10. The number of aryl methyl sites for hydroxylation is 1. The smallest absolute Gasteiger partial charge is 0.253 e. The largest absolute Gasteiger partial charge is 0.412 e. The lowest BCUT2D eigenvalue weighted by molar-refractivity contribution is -0.118. The van der Waals surface area contributed by atoms with E-state index in [2.05, 4.69) is 9.71 Å². The van der Waals surface area contributed by atoms with Crippen molar-refractivity contribution in [3.05, 3.63) is 114 Å². The molecule has 0 fully saturated rings. The van der Waals surface area contributed by atoms with Gasteiger partial charge in [0.2, 0.25) is 0 Å². The van der Waals surface area contributed by atoms with E-state index in [0.717, 1.165) is 22.3 Å². The number of hydrogen-bond donors (Lipinski definition) is 1. The first kappa shape index (κ1) is 28.4. The molecule has 3 aromatic carbocycles. The Morgan fingerprint density at radius 2 is 1.58 bits per heavy atom. The van der Waals surface area contributed by atoms with Gasteiger partial charge in [0.1, 0.15) is 5.78 Å². The Balaban J connectivity index is 0.00000400. The van der Waals surface area contributed by atoms with Gasteiger partial charge < -0.3 is 15.1 Å². The molecule has 38 heavy (non-hydrogen) atoms. The number of aromatic nitrogens is 1. The lowest BCUT2D eigenvalue weighted by Gasteiger charge is -2.13. The zero-order valence-corrected chi connectivity index (χ0v) is 22.2. The molecule has 0 aliphatic heterocycles. The number of hydrogen-bond acceptors (Lipinski definition) is 4. The maximum absolute atomic E-state index is 13.2. The summed E-state index contributed by atoms with van der Waals surface area (Å²) in [5.74, 6) is 0.101. The quantitative estimate of drug-likeness (QED) is 0.326. The van der Waals surface area contributed by atoms with Gasteiger partial charge in [-0.2, -0.15) is 0 Å². The zero-order chi connectivity index (χ0) is 26.2. The maximum atomic E-state index is 13.2. The Morgan fingerprint density at radius 1 is 0.868 bits per heavy atom. The Morgan fingerprint density at radius 3 is 2.24 bits per heavy atom. The molecule has 3 N–H and O–H groups in total. The van der Waals surface area contributed by atoms with E-state index in [9.17, 15) is 13.8 Å². The lowest BCUT2D eigenvalue weighted by Crippen LogP contribution is -2.21. The van der Waals surface area contributed by atoms with Crippen molar-refractivity contribution >= 4 is 28.4 Å². The third-order valence-electron chi connectivity index (χ3n) is 5.92. The molecular weight excluding hydrogens is 498 g/mol. The van der Waals surface area contributed by atoms with Crippen molar-refractivity contribution in [1.29, 1.82) is 0 Å². The summed E-state index contributed by atoms with van der Waals surface area (Å²) in [4.78, 5) is 30.8. The first-order valence-corrected chi connectivity index (χ1v) is 13.1. The van der Waals surface area contributed by atoms with Gasteiger partial charge in [-0.05, 0) is 65.1 Å². The average Bonchev–Trinajstić information content (AvgIpc) is 2.93. The predicted molar refractivity (Wildman–Crippen MR) is 151 cm³/mol. The van der Waals surface area contributed by atoms with Gasteiger partial charge >= 0.3 is 0 Å². The Labute approximate surface area is 225 Å². The molecule has 8 heteroatoms. The molecule has 4 aromatic rings. The van der Waals surface area contributed by atoms with Gasteiger partial charge in [0.15, 0.2) is 11.0 Å². The van der Waals surface area contributed by atoms with E-state index < -0.39 is 11.0 Å². The SMILES string of the molecule is CN(C)C(=O)c1ccc(-c2ccccc2S(=O)Nc2ccc(CC(=O)CCc3cccnc3)cc2)cc1.O. The van der Waals surface area contributed by atoms with Crippen LogP contribution in [0, 0.1) is 0 Å². The van der Waals surface area contributed by atoms with Gasteiger partial charge in [0, 0.05) is 50.6 Å². The van der Waals surface area contributed by atoms with Crippen molar-refractivity contribution in [1.82, 2.24) is 9.88 Å². The summed E-state index contributed by atoms with van der Waals surface area (Å²) in [5.41, 5.74) is 4.97. The number of nitrogens with zero attached hydrogens (tertiary/aromatic N) is 2. The van der Waals surface area contributed by atoms with E-state index in [0.29, 0.717) is 35.4 Å². The minimum atomic E-state index is -1.51. The number of anilines is 1. The van der Waals surface area contributed by atoms with Crippen LogP contribution >= 0.6 is 0 Å². The van der Waals surface area contributed by atoms with Crippen molar-refractivity contribution in [3.63, 3.8) is 0 Å². The van der Waals surface area contributed by atoms with E-state index in [1.165, 1.54) is 4.90 Å². The number of carbonyl (C=O) groups excluding carboxylic acids is 2. The van der Waals surface area contributed by atoms with Crippen LogP contribution < -0.4 is 4.72 Å². The second kappa shape index (κ2) is 13.4. The van der Waals surface area contributed by atoms with Crippen LogP contribution in [-0.4, -0.2) is 45.4 Å². The monoisotopic (exact) mass is 529 g/mol. The Hall–Kier alpha value is -4.14. The molecule has 0 radical (unpaired) electrons. The topological polar surface area (TPSA) is 111 Å². The molecule has 1 amide bonds. The van der Waals surface area contributed by atoms with E-state index in [-0.39, 0.29) is 17.2 Å². The number of carbonyl (C=O) groups is 2. The van der Waals surface area contributed by atoms with Gasteiger partial charge in [-0.3, -0.25) is 14.6 Å². The predicted octanol–water partition coefficient (Wildman–Crippen LogP) is 4.50. The number of benzene rings is 3. The van der Waals surface area contributed by atoms with Gasteiger partial charge in [-0.25, -0.2) is 4.21 Å². The molecule has 1 aromatic heterocycles. The van der Waals surface area contributed by atoms with Crippen molar-refractivity contribution in [3.8, 4) is 11.1 Å². The molecule has 0 aliphatic carbocycles. The Kier molecular flexibility index (Phi) is 10.0. The van der Waals surface area contributed by atoms with Gasteiger partial charge in [-0.1, -0.05) is 48.5 Å². The number of nitrogens with one attached hydrogen (secondary N) is 1. The van der Waals surface area contributed by atoms with E-state index in [1.807, 2.05) is 72.8 Å². The number of ketones is 1. The third kappa shape index (κ3) is 7.44. The van der Waals surface area contributed by atoms with Crippen molar-refractivity contribution < 1.29 is 19.3 Å². The summed E-state index contributed by atoms with van der Waals surface area (Å²) in [7, 11) is 1.93. The van der Waals surface area contributed by atoms with Crippen LogP contribution in [0.2, 0.25) is 0 Å². The summed E-state index contributed by atoms with van der Waals surface area (Å²) in [6, 6.07) is 26.1. The molecular formula is C30H31N3O4S. The Bertz CT molecular complexity index is 1390. The van der Waals surface area contributed by atoms with Gasteiger partial charge in [0.05, 0.1) is 4.90 Å². The van der Waals surface area contributed by atoms with Gasteiger partial charge in [-0.15, -0.1) is 0 Å². The van der Waals surface area contributed by atoms with E-state index in [1.54, 1.807) is 38.6 Å². The molecule has 0 spiro atoms. The molecule has 0 bridgehead atoms. The highest BCUT2D eigenvalue weighted by atomic mass is 32.2. The molecule has 0 saturated carbocycles. The second-order valence-corrected chi connectivity index (χ2v) is 10.1. The van der Waals surface area contributed by atoms with Crippen LogP contribution in [0.15, 0.2) is 102 Å². The number of amides is 1. The normalized spacial score (nSPS) is 11.2. The molecule has 1 atom stereocenters. The fraction of sp³-hybridized carbons (Fsp3) is 0.167. The van der Waals surface area contributed by atoms with Crippen LogP contribution in [0.5, 0.6) is 0 Å². The van der Waals surface area contributed by atoms with Crippen LogP contribution in [0.4, 0.5) is 5.69 Å². The summed E-state index contributed by atoms with van der Waals surface area (Å²) >= 11 is 0. The lowest BCUT2D eigenvalue weighted by atomic mass is 10.0. The highest BCUT2D eigenvalue weighted by Gasteiger charge is 2.14. The van der Waals surface area contributed by atoms with Crippen LogP contribution in [0.3, 0.4) is 0 Å². The summed E-state index contributed by atoms with van der Waals surface area (Å²) < 4.78 is 16.3. The highest BCUT2D eigenvalue weighted by Crippen LogP contribution is 2.27. The third-order valence-corrected chi connectivity index (χ3v) is 7.09. The fourth-order valence-electron chi connectivity index (χ4n) is 3.92. The van der Waals surface area contributed by atoms with E-state index >= 15 is 0 Å². The maximum Gasteiger partial charge on any atom is 0.253 e. The fourth-order valence-corrected chi connectivity index (χ4v) is 4.96. The zero-order valence-electron chi connectivity index (χ0n) is 21.4. The van der Waals surface area contributed by atoms with Crippen molar-refractivity contribution in [2.45, 2.75) is 24.2 Å². The minimum absolute atomic E-state index is 0. The van der Waals surface area contributed by atoms with Crippen LogP contribution in [-0.2, 0) is 28.6 Å². The summed E-state index contributed by atoms with van der Waals surface area (Å²) in [6.45, 7) is 0. The highest BCUT2D eigenvalue weighted by molar-refractivity contribution is 7.86. The van der Waals surface area contributed by atoms with Crippen LogP contribution in [0.1, 0.15) is 27.9 Å². The number of pyridine rings is 1. The molecule has 4 rings (SSSR count). The molecule has 1 heterocycles. The van der Waals surface area contributed by atoms with Gasteiger partial charge in [0.25, 0.3) is 5.91 Å². The molecule has 0 saturated heterocycles. The van der Waals surface area contributed by atoms with Crippen molar-refractivity contribution in [2.24, 2.45) is 0 Å². The molecule has 7 nitrogen and oxygen atoms in total. The van der Waals surface area contributed by atoms with Crippen molar-refractivity contribution in [2.75, 3.05) is 18.8 Å². The minimum Gasteiger partial charge on any atom is -0.412 e. The molecule has 0 aliphatic rings. The average molecular weight is 530 g/mol. The first-order chi connectivity index (χ1) is 17.9. The van der Waals surface area contributed by atoms with Crippen LogP contribution in [0.25, 0.3) is 11.1 Å². The summed E-state index contributed by atoms with van der Waals surface area (Å²) in [6.07, 6.45) is 5.02. The molecule has 1 unspecified atom stereocenters. The number of Topliss-reactive ketones (excluding diaryl/α,β-unsaturated/α-hetero) is 1. The van der Waals surface area contributed by atoms with E-state index in [4.69, 9.17) is 0 Å². The summed E-state index contributed by atoms with van der Waals surface area (Å²) in [5, 5.41) is 0. The standard InChI is InChI=1S/C30H29N3O3S.H2O/c1-33(2)30(35)25-14-12-24(13-15-25)28-7-3-4-8-29(28)37(36)32-26-16-9-22(10-17-26)20-27(34)18-11-23-6-5-19-31-21-23;/h3-10,12-17,19,21,32H,11,18,20H2,1-2H3;1H2. The second-order valence-electron chi connectivity index (χ2n) is 8.92. The first-order valence-electron chi connectivity index (χ1n) is 12.0.